The predicted molar refractivity (Wildman–Crippen MR) is 66.1 cm³/mol. The van der Waals surface area contributed by atoms with Crippen LogP contribution in [-0.2, 0) is 4.74 Å². The van der Waals surface area contributed by atoms with Crippen molar-refractivity contribution in [1.82, 2.24) is 4.98 Å². The molecule has 0 bridgehead atoms. The first-order valence-electron chi connectivity index (χ1n) is 5.61. The van der Waals surface area contributed by atoms with E-state index in [2.05, 4.69) is 15.7 Å². The van der Waals surface area contributed by atoms with Crippen LogP contribution in [0.1, 0.15) is 13.3 Å². The standard InChI is InChI=1S/C10H15N5O3/c1-6-8(2-3-18-6)12-9-4-7(15(16)17)5-10(13-9)14-11/h4-6,8H,2-3,11H2,1H3,(H2,12,13,14). The largest absolute Gasteiger partial charge is 0.376 e. The van der Waals surface area contributed by atoms with Crippen LogP contribution < -0.4 is 16.6 Å². The number of rotatable bonds is 4. The molecule has 1 aromatic heterocycles. The topological polar surface area (TPSA) is 115 Å². The number of ether oxygens (including phenoxy) is 1. The normalized spacial score (nSPS) is 22.8. The molecule has 1 saturated heterocycles. The zero-order valence-corrected chi connectivity index (χ0v) is 9.92. The lowest BCUT2D eigenvalue weighted by atomic mass is 10.1. The van der Waals surface area contributed by atoms with Gasteiger partial charge in [-0.05, 0) is 13.3 Å². The SMILES string of the molecule is CC1OCCC1Nc1cc([N+](=O)[O-])cc(NN)n1. The number of nitrogens with zero attached hydrogens (tertiary/aromatic N) is 2. The zero-order chi connectivity index (χ0) is 13.1. The van der Waals surface area contributed by atoms with Crippen LogP contribution in [0.25, 0.3) is 0 Å². The van der Waals surface area contributed by atoms with Crippen molar-refractivity contribution in [2.45, 2.75) is 25.5 Å². The monoisotopic (exact) mass is 253 g/mol. The molecule has 2 rings (SSSR count). The van der Waals surface area contributed by atoms with Gasteiger partial charge >= 0.3 is 0 Å². The van der Waals surface area contributed by atoms with E-state index in [1.165, 1.54) is 12.1 Å². The Labute approximate surface area is 104 Å². The molecule has 0 amide bonds. The van der Waals surface area contributed by atoms with Crippen LogP contribution >= 0.6 is 0 Å². The van der Waals surface area contributed by atoms with Gasteiger partial charge in [-0.15, -0.1) is 0 Å². The fraction of sp³-hybridized carbons (Fsp3) is 0.500. The maximum absolute atomic E-state index is 10.8. The van der Waals surface area contributed by atoms with Crippen LogP contribution in [0.15, 0.2) is 12.1 Å². The van der Waals surface area contributed by atoms with E-state index in [4.69, 9.17) is 10.6 Å². The number of nitrogens with two attached hydrogens (primary N) is 1. The third-order valence-electron chi connectivity index (χ3n) is 2.88. The summed E-state index contributed by atoms with van der Waals surface area (Å²) in [6.07, 6.45) is 0.900. The van der Waals surface area contributed by atoms with Gasteiger partial charge in [-0.25, -0.2) is 10.8 Å². The minimum absolute atomic E-state index is 0.0559. The molecule has 1 aliphatic heterocycles. The Morgan fingerprint density at radius 2 is 2.28 bits per heavy atom. The Hall–Kier alpha value is -1.93. The van der Waals surface area contributed by atoms with Crippen LogP contribution in [0.5, 0.6) is 0 Å². The molecule has 1 aliphatic rings. The van der Waals surface area contributed by atoms with Gasteiger partial charge in [0.15, 0.2) is 0 Å². The Bertz CT molecular complexity index is 453. The highest BCUT2D eigenvalue weighted by Crippen LogP contribution is 2.23. The molecule has 2 atom stereocenters. The average Bonchev–Trinajstić information content (AvgIpc) is 2.74. The van der Waals surface area contributed by atoms with E-state index in [1.54, 1.807) is 0 Å². The van der Waals surface area contributed by atoms with Crippen molar-refractivity contribution in [3.05, 3.63) is 22.2 Å². The number of pyridine rings is 1. The van der Waals surface area contributed by atoms with Crippen molar-refractivity contribution in [1.29, 1.82) is 0 Å². The summed E-state index contributed by atoms with van der Waals surface area (Å²) in [6.45, 7) is 2.62. The van der Waals surface area contributed by atoms with Crippen molar-refractivity contribution in [3.63, 3.8) is 0 Å². The molecule has 1 fully saturated rings. The smallest absolute Gasteiger partial charge is 0.276 e. The lowest BCUT2D eigenvalue weighted by Crippen LogP contribution is -2.27. The summed E-state index contributed by atoms with van der Waals surface area (Å²) in [4.78, 5) is 14.4. The first-order valence-corrected chi connectivity index (χ1v) is 5.61. The van der Waals surface area contributed by atoms with Crippen molar-refractivity contribution >= 4 is 17.3 Å². The van der Waals surface area contributed by atoms with E-state index >= 15 is 0 Å². The maximum atomic E-state index is 10.8. The number of nitrogen functional groups attached to an aromatic ring is 1. The highest BCUT2D eigenvalue weighted by molar-refractivity contribution is 5.54. The number of hydrogen-bond acceptors (Lipinski definition) is 7. The van der Waals surface area contributed by atoms with Crippen molar-refractivity contribution in [3.8, 4) is 0 Å². The van der Waals surface area contributed by atoms with E-state index in [0.717, 1.165) is 6.42 Å². The Kier molecular flexibility index (Phi) is 3.58. The molecule has 0 radical (unpaired) electrons. The first kappa shape index (κ1) is 12.5. The number of anilines is 2. The minimum Gasteiger partial charge on any atom is -0.376 e. The van der Waals surface area contributed by atoms with E-state index in [0.29, 0.717) is 12.4 Å². The predicted octanol–water partition coefficient (Wildman–Crippen LogP) is 0.865. The number of nitrogens with one attached hydrogen (secondary N) is 2. The number of aromatic nitrogens is 1. The van der Waals surface area contributed by atoms with Crippen molar-refractivity contribution in [2.75, 3.05) is 17.3 Å². The van der Waals surface area contributed by atoms with Crippen molar-refractivity contribution < 1.29 is 9.66 Å². The maximum Gasteiger partial charge on any atom is 0.276 e. The lowest BCUT2D eigenvalue weighted by molar-refractivity contribution is -0.384. The number of hydrazine groups is 1. The summed E-state index contributed by atoms with van der Waals surface area (Å²) >= 11 is 0. The molecular formula is C10H15N5O3. The van der Waals surface area contributed by atoms with Gasteiger partial charge in [0.05, 0.1) is 29.2 Å². The van der Waals surface area contributed by atoms with E-state index in [9.17, 15) is 10.1 Å². The van der Waals surface area contributed by atoms with Gasteiger partial charge in [-0.1, -0.05) is 0 Å². The van der Waals surface area contributed by atoms with Gasteiger partial charge < -0.3 is 15.5 Å². The first-order chi connectivity index (χ1) is 8.60. The van der Waals surface area contributed by atoms with Gasteiger partial charge in [0.25, 0.3) is 5.69 Å². The summed E-state index contributed by atoms with van der Waals surface area (Å²) in [5.41, 5.74) is 2.25. The molecular weight excluding hydrogens is 238 g/mol. The Morgan fingerprint density at radius 1 is 1.56 bits per heavy atom. The average molecular weight is 253 g/mol. The highest BCUT2D eigenvalue weighted by Gasteiger charge is 2.25. The third kappa shape index (κ3) is 2.66. The second-order valence-corrected chi connectivity index (χ2v) is 4.11. The summed E-state index contributed by atoms with van der Waals surface area (Å²) in [5.74, 6) is 5.90. The molecule has 8 nitrogen and oxygen atoms in total. The van der Waals surface area contributed by atoms with Crippen molar-refractivity contribution in [2.24, 2.45) is 5.84 Å². The molecule has 0 spiro atoms. The van der Waals surface area contributed by atoms with Crippen LogP contribution in [0.4, 0.5) is 17.3 Å². The highest BCUT2D eigenvalue weighted by atomic mass is 16.6. The molecule has 2 heterocycles. The fourth-order valence-corrected chi connectivity index (χ4v) is 1.88. The molecule has 0 aliphatic carbocycles. The Balaban J connectivity index is 2.21. The van der Waals surface area contributed by atoms with Gasteiger partial charge in [0.2, 0.25) is 0 Å². The zero-order valence-electron chi connectivity index (χ0n) is 9.92. The van der Waals surface area contributed by atoms with E-state index < -0.39 is 4.92 Å². The molecule has 1 aromatic rings. The van der Waals surface area contributed by atoms with E-state index in [-0.39, 0.29) is 23.7 Å². The summed E-state index contributed by atoms with van der Waals surface area (Å²) < 4.78 is 5.41. The summed E-state index contributed by atoms with van der Waals surface area (Å²) in [7, 11) is 0. The van der Waals surface area contributed by atoms with Gasteiger partial charge in [-0.3, -0.25) is 10.1 Å². The molecule has 18 heavy (non-hydrogen) atoms. The van der Waals surface area contributed by atoms with Crippen LogP contribution in [0.3, 0.4) is 0 Å². The van der Waals surface area contributed by atoms with Crippen LogP contribution in [0, 0.1) is 10.1 Å². The Morgan fingerprint density at radius 3 is 2.83 bits per heavy atom. The minimum atomic E-state index is -0.484. The fourth-order valence-electron chi connectivity index (χ4n) is 1.88. The van der Waals surface area contributed by atoms with Gasteiger partial charge in [-0.2, -0.15) is 0 Å². The van der Waals surface area contributed by atoms with E-state index in [1.807, 2.05) is 6.92 Å². The quantitative estimate of drug-likeness (QED) is 0.414. The van der Waals surface area contributed by atoms with Crippen LogP contribution in [0.2, 0.25) is 0 Å². The van der Waals surface area contributed by atoms with Crippen LogP contribution in [-0.4, -0.2) is 28.7 Å². The molecule has 0 saturated carbocycles. The van der Waals surface area contributed by atoms with Gasteiger partial charge in [0, 0.05) is 6.61 Å². The molecule has 2 unspecified atom stereocenters. The summed E-state index contributed by atoms with van der Waals surface area (Å²) in [5, 5.41) is 13.9. The lowest BCUT2D eigenvalue weighted by Gasteiger charge is -2.16. The summed E-state index contributed by atoms with van der Waals surface area (Å²) in [6, 6.07) is 2.76. The number of nitro groups is 1. The third-order valence-corrected chi connectivity index (χ3v) is 2.88. The second-order valence-electron chi connectivity index (χ2n) is 4.11. The van der Waals surface area contributed by atoms with Gasteiger partial charge in [0.1, 0.15) is 11.6 Å². The second kappa shape index (κ2) is 5.15. The number of hydrogen-bond donors (Lipinski definition) is 3. The molecule has 4 N–H and O–H groups in total. The molecule has 8 heteroatoms. The molecule has 98 valence electrons. The molecule has 0 aromatic carbocycles.